The minimum Gasteiger partial charge on any atom is -0.618 e. The minimum absolute atomic E-state index is 0.328. The van der Waals surface area contributed by atoms with Gasteiger partial charge in [-0.25, -0.2) is 4.39 Å². The molecule has 0 atom stereocenters. The summed E-state index contributed by atoms with van der Waals surface area (Å²) in [5.74, 6) is -0.409. The highest BCUT2D eigenvalue weighted by Gasteiger charge is 2.07. The van der Waals surface area contributed by atoms with Gasteiger partial charge in [0.2, 0.25) is 5.69 Å². The first kappa shape index (κ1) is 11.3. The summed E-state index contributed by atoms with van der Waals surface area (Å²) < 4.78 is 13.8. The predicted molar refractivity (Wildman–Crippen MR) is 66.0 cm³/mol. The van der Waals surface area contributed by atoms with Crippen LogP contribution in [0.1, 0.15) is 11.1 Å². The van der Waals surface area contributed by atoms with Gasteiger partial charge in [0.05, 0.1) is 0 Å². The van der Waals surface area contributed by atoms with Crippen molar-refractivity contribution in [1.82, 2.24) is 0 Å². The molecule has 2 aromatic rings. The van der Waals surface area contributed by atoms with Crippen LogP contribution in [0, 0.1) is 17.9 Å². The van der Waals surface area contributed by atoms with Gasteiger partial charge in [-0.05, 0) is 31.2 Å². The standard InChI is InChI=1S/C14H12FNO/c1-11-7-8-13(15)9-14(11)16(17)10-12-5-3-2-4-6-12/h2-10H,1H3. The number of aryl methyl sites for hydroxylation is 1. The Labute approximate surface area is 99.2 Å². The molecule has 0 radical (unpaired) electrons. The van der Waals surface area contributed by atoms with Crippen molar-refractivity contribution in [2.45, 2.75) is 6.92 Å². The van der Waals surface area contributed by atoms with Crippen molar-refractivity contribution in [2.75, 3.05) is 0 Å². The molecule has 2 nitrogen and oxygen atoms in total. The number of rotatable bonds is 2. The maximum absolute atomic E-state index is 13.1. The SMILES string of the molecule is Cc1ccc(F)cc1[N+]([O-])=Cc1ccccc1. The Morgan fingerprint density at radius 3 is 2.53 bits per heavy atom. The van der Waals surface area contributed by atoms with Crippen molar-refractivity contribution < 1.29 is 9.13 Å². The Balaban J connectivity index is 2.40. The second kappa shape index (κ2) is 4.78. The van der Waals surface area contributed by atoms with Gasteiger partial charge >= 0.3 is 0 Å². The molecular formula is C14H12FNO. The van der Waals surface area contributed by atoms with Gasteiger partial charge < -0.3 is 5.21 Å². The molecule has 0 spiro atoms. The van der Waals surface area contributed by atoms with E-state index in [4.69, 9.17) is 0 Å². The quantitative estimate of drug-likeness (QED) is 0.335. The van der Waals surface area contributed by atoms with Gasteiger partial charge in [0.1, 0.15) is 5.82 Å². The molecule has 2 rings (SSSR count). The third-order valence-corrected chi connectivity index (χ3v) is 2.47. The monoisotopic (exact) mass is 229 g/mol. The average molecular weight is 229 g/mol. The lowest BCUT2D eigenvalue weighted by molar-refractivity contribution is -0.355. The highest BCUT2D eigenvalue weighted by Crippen LogP contribution is 2.18. The van der Waals surface area contributed by atoms with Crippen LogP contribution in [0.4, 0.5) is 10.1 Å². The van der Waals surface area contributed by atoms with E-state index in [1.165, 1.54) is 18.3 Å². The van der Waals surface area contributed by atoms with Crippen molar-refractivity contribution in [3.8, 4) is 0 Å². The highest BCUT2D eigenvalue weighted by atomic mass is 19.1. The number of nitrogens with zero attached hydrogens (tertiary/aromatic N) is 1. The van der Waals surface area contributed by atoms with E-state index < -0.39 is 5.82 Å². The fourth-order valence-corrected chi connectivity index (χ4v) is 1.56. The van der Waals surface area contributed by atoms with Crippen molar-refractivity contribution in [2.24, 2.45) is 0 Å². The Bertz CT molecular complexity index is 549. The van der Waals surface area contributed by atoms with E-state index in [0.29, 0.717) is 10.4 Å². The lowest BCUT2D eigenvalue weighted by Crippen LogP contribution is -2.00. The Morgan fingerprint density at radius 2 is 1.82 bits per heavy atom. The fourth-order valence-electron chi connectivity index (χ4n) is 1.56. The molecule has 0 fully saturated rings. The van der Waals surface area contributed by atoms with Crippen LogP contribution >= 0.6 is 0 Å². The fraction of sp³-hybridized carbons (Fsp3) is 0.0714. The molecule has 0 N–H and O–H groups in total. The van der Waals surface area contributed by atoms with Crippen LogP contribution in [0.2, 0.25) is 0 Å². The van der Waals surface area contributed by atoms with E-state index in [2.05, 4.69) is 0 Å². The van der Waals surface area contributed by atoms with Crippen LogP contribution in [0.25, 0.3) is 0 Å². The van der Waals surface area contributed by atoms with Crippen molar-refractivity contribution in [1.29, 1.82) is 0 Å². The second-order valence-corrected chi connectivity index (χ2v) is 3.80. The van der Waals surface area contributed by atoms with E-state index in [1.54, 1.807) is 13.0 Å². The summed E-state index contributed by atoms with van der Waals surface area (Å²) in [6, 6.07) is 13.4. The molecule has 0 saturated heterocycles. The Morgan fingerprint density at radius 1 is 1.12 bits per heavy atom. The van der Waals surface area contributed by atoms with Gasteiger partial charge in [0, 0.05) is 17.2 Å². The summed E-state index contributed by atoms with van der Waals surface area (Å²) in [5, 5.41) is 11.9. The molecule has 0 aliphatic carbocycles. The highest BCUT2D eigenvalue weighted by molar-refractivity contribution is 5.76. The molecule has 0 unspecified atom stereocenters. The smallest absolute Gasteiger partial charge is 0.222 e. The van der Waals surface area contributed by atoms with Gasteiger partial charge in [0.15, 0.2) is 6.21 Å². The zero-order chi connectivity index (χ0) is 12.3. The molecule has 0 aromatic heterocycles. The van der Waals surface area contributed by atoms with E-state index >= 15 is 0 Å². The molecule has 3 heteroatoms. The van der Waals surface area contributed by atoms with E-state index in [0.717, 1.165) is 11.1 Å². The molecule has 0 amide bonds. The number of halogens is 1. The minimum atomic E-state index is -0.409. The largest absolute Gasteiger partial charge is 0.618 e. The van der Waals surface area contributed by atoms with Crippen LogP contribution in [-0.2, 0) is 0 Å². The van der Waals surface area contributed by atoms with Crippen LogP contribution in [0.3, 0.4) is 0 Å². The van der Waals surface area contributed by atoms with Crippen LogP contribution in [-0.4, -0.2) is 11.0 Å². The Hall–Kier alpha value is -2.16. The third kappa shape index (κ3) is 2.69. The lowest BCUT2D eigenvalue weighted by Gasteiger charge is -2.05. The molecule has 17 heavy (non-hydrogen) atoms. The second-order valence-electron chi connectivity index (χ2n) is 3.80. The van der Waals surface area contributed by atoms with Crippen molar-refractivity contribution in [3.05, 3.63) is 70.7 Å². The molecule has 0 aliphatic rings. The van der Waals surface area contributed by atoms with E-state index in [1.807, 2.05) is 30.3 Å². The molecule has 0 aliphatic heterocycles. The van der Waals surface area contributed by atoms with E-state index in [-0.39, 0.29) is 0 Å². The molecule has 0 saturated carbocycles. The summed E-state index contributed by atoms with van der Waals surface area (Å²) in [4.78, 5) is 0. The predicted octanol–water partition coefficient (Wildman–Crippen LogP) is 3.40. The summed E-state index contributed by atoms with van der Waals surface area (Å²) in [6.07, 6.45) is 1.43. The third-order valence-electron chi connectivity index (χ3n) is 2.47. The molecule has 0 bridgehead atoms. The van der Waals surface area contributed by atoms with E-state index in [9.17, 15) is 9.60 Å². The molecule has 86 valence electrons. The normalized spacial score (nSPS) is 11.5. The summed E-state index contributed by atoms with van der Waals surface area (Å²) in [6.45, 7) is 1.78. The van der Waals surface area contributed by atoms with Gasteiger partial charge in [-0.3, -0.25) is 0 Å². The van der Waals surface area contributed by atoms with Crippen LogP contribution in [0.5, 0.6) is 0 Å². The van der Waals surface area contributed by atoms with Gasteiger partial charge in [-0.2, -0.15) is 4.74 Å². The Kier molecular flexibility index (Phi) is 3.19. The first-order chi connectivity index (χ1) is 8.16. The summed E-state index contributed by atoms with van der Waals surface area (Å²) >= 11 is 0. The molecule has 2 aromatic carbocycles. The van der Waals surface area contributed by atoms with Gasteiger partial charge in [0.25, 0.3) is 0 Å². The first-order valence-corrected chi connectivity index (χ1v) is 5.29. The zero-order valence-electron chi connectivity index (χ0n) is 9.43. The molecule has 0 heterocycles. The summed E-state index contributed by atoms with van der Waals surface area (Å²) in [5.41, 5.74) is 1.86. The average Bonchev–Trinajstić information content (AvgIpc) is 2.33. The van der Waals surface area contributed by atoms with Crippen molar-refractivity contribution in [3.63, 3.8) is 0 Å². The zero-order valence-corrected chi connectivity index (χ0v) is 9.43. The van der Waals surface area contributed by atoms with Crippen LogP contribution in [0.15, 0.2) is 48.5 Å². The van der Waals surface area contributed by atoms with Crippen LogP contribution < -0.4 is 0 Å². The van der Waals surface area contributed by atoms with Crippen molar-refractivity contribution >= 4 is 11.9 Å². The molecular weight excluding hydrogens is 217 g/mol. The van der Waals surface area contributed by atoms with Gasteiger partial charge in [-0.15, -0.1) is 0 Å². The number of hydrogen-bond donors (Lipinski definition) is 0. The number of benzene rings is 2. The first-order valence-electron chi connectivity index (χ1n) is 5.29. The summed E-state index contributed by atoms with van der Waals surface area (Å²) in [7, 11) is 0. The number of hydrogen-bond acceptors (Lipinski definition) is 1. The topological polar surface area (TPSA) is 26.1 Å². The maximum Gasteiger partial charge on any atom is 0.222 e. The lowest BCUT2D eigenvalue weighted by atomic mass is 10.2. The maximum atomic E-state index is 13.1. The van der Waals surface area contributed by atoms with Gasteiger partial charge in [-0.1, -0.05) is 18.2 Å².